The smallest absolute Gasteiger partial charge is 0.242 e. The Bertz CT molecular complexity index is 1160. The Kier molecular flexibility index (Phi) is 10.2. The summed E-state index contributed by atoms with van der Waals surface area (Å²) in [4.78, 5) is 27.5. The molecule has 2 aromatic rings. The fourth-order valence-corrected chi connectivity index (χ4v) is 5.11. The summed E-state index contributed by atoms with van der Waals surface area (Å²) in [5.74, 6) is 0.679. The summed E-state index contributed by atoms with van der Waals surface area (Å²) >= 11 is 0. The van der Waals surface area contributed by atoms with E-state index >= 15 is 0 Å². The van der Waals surface area contributed by atoms with Crippen LogP contribution in [0.25, 0.3) is 0 Å². The molecule has 0 unspecified atom stereocenters. The van der Waals surface area contributed by atoms with E-state index in [1.54, 1.807) is 30.0 Å². The molecule has 1 heterocycles. The lowest BCUT2D eigenvalue weighted by atomic mass is 10.1. The molecular formula is C27H37N3O6S. The van der Waals surface area contributed by atoms with Crippen LogP contribution in [0.4, 0.5) is 5.69 Å². The van der Waals surface area contributed by atoms with Crippen molar-refractivity contribution in [3.05, 3.63) is 54.1 Å². The van der Waals surface area contributed by atoms with Crippen LogP contribution in [0, 0.1) is 0 Å². The van der Waals surface area contributed by atoms with Gasteiger partial charge < -0.3 is 19.7 Å². The maximum atomic E-state index is 13.3. The molecule has 2 aromatic carbocycles. The summed E-state index contributed by atoms with van der Waals surface area (Å²) in [6.07, 6.45) is 2.96. The highest BCUT2D eigenvalue weighted by molar-refractivity contribution is 7.92. The molecule has 0 saturated carbocycles. The number of anilines is 1. The Morgan fingerprint density at radius 2 is 1.73 bits per heavy atom. The third-order valence-corrected chi connectivity index (χ3v) is 7.36. The van der Waals surface area contributed by atoms with Gasteiger partial charge in [-0.1, -0.05) is 37.3 Å². The van der Waals surface area contributed by atoms with Crippen molar-refractivity contribution in [2.24, 2.45) is 0 Å². The molecule has 37 heavy (non-hydrogen) atoms. The minimum Gasteiger partial charge on any atom is -0.486 e. The summed E-state index contributed by atoms with van der Waals surface area (Å²) in [6.45, 7) is 5.59. The third-order valence-electron chi connectivity index (χ3n) is 6.17. The number of nitrogens with zero attached hydrogens (tertiary/aromatic N) is 2. The number of carbonyl (C=O) groups excluding carboxylic acids is 2. The molecule has 0 radical (unpaired) electrons. The molecule has 0 spiro atoms. The molecule has 2 amide bonds. The molecular weight excluding hydrogens is 494 g/mol. The average molecular weight is 532 g/mol. The molecule has 9 nitrogen and oxygen atoms in total. The molecule has 202 valence electrons. The standard InChI is InChI=1S/C27H37N3O6S/c1-4-15-28-27(32)21(2)29(17-14-22-9-6-5-7-10-22)26(31)11-8-16-30(37(3,33)34)23-12-13-24-25(20-23)36-19-18-35-24/h5-7,9-10,12-13,20-21H,4,8,11,14-19H2,1-3H3,(H,28,32)/t21-/m1/s1. The van der Waals surface area contributed by atoms with Gasteiger partial charge in [0.1, 0.15) is 19.3 Å². The number of benzene rings is 2. The van der Waals surface area contributed by atoms with Crippen LogP contribution in [0.15, 0.2) is 48.5 Å². The van der Waals surface area contributed by atoms with Crippen molar-refractivity contribution in [1.29, 1.82) is 0 Å². The fourth-order valence-electron chi connectivity index (χ4n) is 4.16. The highest BCUT2D eigenvalue weighted by Gasteiger charge is 2.26. The van der Waals surface area contributed by atoms with Gasteiger partial charge in [0.05, 0.1) is 11.9 Å². The van der Waals surface area contributed by atoms with Crippen molar-refractivity contribution in [2.75, 3.05) is 43.4 Å². The van der Waals surface area contributed by atoms with Gasteiger partial charge in [-0.3, -0.25) is 13.9 Å². The van der Waals surface area contributed by atoms with Crippen LogP contribution < -0.4 is 19.1 Å². The minimum absolute atomic E-state index is 0.108. The van der Waals surface area contributed by atoms with Crippen molar-refractivity contribution in [1.82, 2.24) is 10.2 Å². The van der Waals surface area contributed by atoms with Crippen molar-refractivity contribution in [2.45, 2.75) is 45.6 Å². The number of fused-ring (bicyclic) bond motifs is 1. The van der Waals surface area contributed by atoms with Crippen LogP contribution in [0.5, 0.6) is 11.5 Å². The van der Waals surface area contributed by atoms with E-state index in [1.165, 1.54) is 4.31 Å². The van der Waals surface area contributed by atoms with E-state index in [2.05, 4.69) is 5.32 Å². The summed E-state index contributed by atoms with van der Waals surface area (Å²) in [5.41, 5.74) is 1.52. The van der Waals surface area contributed by atoms with Crippen molar-refractivity contribution in [3.63, 3.8) is 0 Å². The van der Waals surface area contributed by atoms with E-state index in [1.807, 2.05) is 37.3 Å². The topological polar surface area (TPSA) is 105 Å². The predicted molar refractivity (Wildman–Crippen MR) is 143 cm³/mol. The molecule has 1 atom stereocenters. The van der Waals surface area contributed by atoms with Gasteiger partial charge in [-0.25, -0.2) is 8.42 Å². The number of hydrogen-bond donors (Lipinski definition) is 1. The Morgan fingerprint density at radius 3 is 2.41 bits per heavy atom. The van der Waals surface area contributed by atoms with E-state index < -0.39 is 16.1 Å². The normalized spacial score (nSPS) is 13.5. The molecule has 1 N–H and O–H groups in total. The molecule has 0 bridgehead atoms. The van der Waals surface area contributed by atoms with Gasteiger partial charge in [-0.05, 0) is 43.9 Å². The SMILES string of the molecule is CCCNC(=O)[C@@H](C)N(CCc1ccccc1)C(=O)CCCN(c1ccc2c(c1)OCCO2)S(C)(=O)=O. The zero-order valence-electron chi connectivity index (χ0n) is 21.8. The number of rotatable bonds is 13. The fraction of sp³-hybridized carbons (Fsp3) is 0.481. The number of hydrogen-bond acceptors (Lipinski definition) is 6. The molecule has 1 aliphatic rings. The lowest BCUT2D eigenvalue weighted by molar-refractivity contribution is -0.139. The van der Waals surface area contributed by atoms with Gasteiger partial charge in [-0.15, -0.1) is 0 Å². The molecule has 0 aromatic heterocycles. The maximum absolute atomic E-state index is 13.3. The largest absolute Gasteiger partial charge is 0.486 e. The first kappa shape index (κ1) is 28.3. The Morgan fingerprint density at radius 1 is 1.03 bits per heavy atom. The predicted octanol–water partition coefficient (Wildman–Crippen LogP) is 2.99. The Balaban J connectivity index is 1.68. The molecule has 1 aliphatic heterocycles. The second-order valence-corrected chi connectivity index (χ2v) is 11.0. The second kappa shape index (κ2) is 13.3. The highest BCUT2D eigenvalue weighted by atomic mass is 32.2. The van der Waals surface area contributed by atoms with Gasteiger partial charge >= 0.3 is 0 Å². The second-order valence-electron chi connectivity index (χ2n) is 9.06. The van der Waals surface area contributed by atoms with Gasteiger partial charge in [0, 0.05) is 32.1 Å². The van der Waals surface area contributed by atoms with Gasteiger partial charge in [0.25, 0.3) is 0 Å². The third kappa shape index (κ3) is 8.11. The summed E-state index contributed by atoms with van der Waals surface area (Å²) in [6, 6.07) is 14.2. The van der Waals surface area contributed by atoms with E-state index in [-0.39, 0.29) is 24.8 Å². The van der Waals surface area contributed by atoms with E-state index in [0.717, 1.165) is 18.2 Å². The lowest BCUT2D eigenvalue weighted by Gasteiger charge is -2.29. The zero-order valence-corrected chi connectivity index (χ0v) is 22.6. The van der Waals surface area contributed by atoms with Gasteiger partial charge in [0.15, 0.2) is 11.5 Å². The number of nitrogens with one attached hydrogen (secondary N) is 1. The van der Waals surface area contributed by atoms with E-state index in [9.17, 15) is 18.0 Å². The van der Waals surface area contributed by atoms with Crippen molar-refractivity contribution < 1.29 is 27.5 Å². The van der Waals surface area contributed by atoms with Crippen LogP contribution >= 0.6 is 0 Å². The van der Waals surface area contributed by atoms with Crippen LogP contribution in [0.3, 0.4) is 0 Å². The van der Waals surface area contributed by atoms with E-state index in [4.69, 9.17) is 9.47 Å². The van der Waals surface area contributed by atoms with Crippen molar-refractivity contribution >= 4 is 27.5 Å². The average Bonchev–Trinajstić information content (AvgIpc) is 2.89. The number of ether oxygens (including phenoxy) is 2. The molecule has 10 heteroatoms. The van der Waals surface area contributed by atoms with Gasteiger partial charge in [-0.2, -0.15) is 0 Å². The van der Waals surface area contributed by atoms with Crippen LogP contribution in [0.1, 0.15) is 38.7 Å². The Labute approximate surface area is 219 Å². The monoisotopic (exact) mass is 531 g/mol. The lowest BCUT2D eigenvalue weighted by Crippen LogP contribution is -2.49. The molecule has 3 rings (SSSR count). The Hall–Kier alpha value is -3.27. The maximum Gasteiger partial charge on any atom is 0.242 e. The summed E-state index contributed by atoms with van der Waals surface area (Å²) < 4.78 is 37.5. The first-order valence-corrected chi connectivity index (χ1v) is 14.5. The van der Waals surface area contributed by atoms with Crippen molar-refractivity contribution in [3.8, 4) is 11.5 Å². The zero-order chi connectivity index (χ0) is 26.8. The van der Waals surface area contributed by atoms with Crippen LogP contribution in [-0.2, 0) is 26.0 Å². The highest BCUT2D eigenvalue weighted by Crippen LogP contribution is 2.34. The van der Waals surface area contributed by atoms with E-state index in [0.29, 0.717) is 56.3 Å². The number of sulfonamides is 1. The quantitative estimate of drug-likeness (QED) is 0.426. The summed E-state index contributed by atoms with van der Waals surface area (Å²) in [7, 11) is -3.60. The van der Waals surface area contributed by atoms with Crippen LogP contribution in [0.2, 0.25) is 0 Å². The minimum atomic E-state index is -3.60. The molecule has 0 aliphatic carbocycles. The molecule has 0 saturated heterocycles. The van der Waals surface area contributed by atoms with Crippen LogP contribution in [-0.4, -0.2) is 70.3 Å². The number of amides is 2. The van der Waals surface area contributed by atoms with Gasteiger partial charge in [0.2, 0.25) is 21.8 Å². The first-order chi connectivity index (χ1) is 17.7. The summed E-state index contributed by atoms with van der Waals surface area (Å²) in [5, 5.41) is 2.86. The molecule has 0 fully saturated rings. The first-order valence-electron chi connectivity index (χ1n) is 12.7. The number of carbonyl (C=O) groups is 2.